The van der Waals surface area contributed by atoms with E-state index in [0.717, 1.165) is 18.4 Å². The number of benzene rings is 2. The highest BCUT2D eigenvalue weighted by molar-refractivity contribution is 6.14. The zero-order chi connectivity index (χ0) is 16.1. The van der Waals surface area contributed by atoms with Crippen molar-refractivity contribution in [2.45, 2.75) is 19.8 Å². The Bertz CT molecular complexity index is 938. The lowest BCUT2D eigenvalue weighted by molar-refractivity contribution is 0.0970. The van der Waals surface area contributed by atoms with Crippen molar-refractivity contribution < 1.29 is 13.6 Å². The number of hydrogen-bond acceptors (Lipinski definition) is 1. The molecule has 1 saturated carbocycles. The molecule has 0 spiro atoms. The van der Waals surface area contributed by atoms with Crippen molar-refractivity contribution in [3.05, 3.63) is 59.2 Å². The summed E-state index contributed by atoms with van der Waals surface area (Å²) in [7, 11) is 0. The molecule has 2 aromatic carbocycles. The summed E-state index contributed by atoms with van der Waals surface area (Å²) in [5, 5.41) is 0.596. The third-order valence-electron chi connectivity index (χ3n) is 4.40. The molecule has 3 aromatic rings. The van der Waals surface area contributed by atoms with Crippen LogP contribution in [-0.2, 0) is 0 Å². The van der Waals surface area contributed by atoms with E-state index < -0.39 is 0 Å². The number of aryl methyl sites for hydroxylation is 1. The lowest BCUT2D eigenvalue weighted by atomic mass is 9.98. The minimum absolute atomic E-state index is 0.0255. The molecule has 0 radical (unpaired) electrons. The molecule has 0 atom stereocenters. The van der Waals surface area contributed by atoms with Gasteiger partial charge in [0, 0.05) is 16.8 Å². The number of H-pyrrole nitrogens is 1. The van der Waals surface area contributed by atoms with Crippen LogP contribution in [-0.4, -0.2) is 10.8 Å². The van der Waals surface area contributed by atoms with Gasteiger partial charge in [0.1, 0.15) is 11.6 Å². The van der Waals surface area contributed by atoms with Crippen LogP contribution < -0.4 is 0 Å². The molecule has 4 heteroatoms. The van der Waals surface area contributed by atoms with Crippen LogP contribution in [0, 0.1) is 24.5 Å². The fourth-order valence-corrected chi connectivity index (χ4v) is 2.99. The summed E-state index contributed by atoms with van der Waals surface area (Å²) in [6.07, 6.45) is 1.76. The van der Waals surface area contributed by atoms with Gasteiger partial charge < -0.3 is 4.98 Å². The Hall–Kier alpha value is -2.49. The van der Waals surface area contributed by atoms with Crippen molar-refractivity contribution in [1.29, 1.82) is 0 Å². The van der Waals surface area contributed by atoms with Gasteiger partial charge in [0.25, 0.3) is 0 Å². The van der Waals surface area contributed by atoms with Crippen molar-refractivity contribution in [3.63, 3.8) is 0 Å². The summed E-state index contributed by atoms with van der Waals surface area (Å²) in [6, 6.07) is 9.13. The third-order valence-corrected chi connectivity index (χ3v) is 4.40. The van der Waals surface area contributed by atoms with Crippen molar-refractivity contribution in [2.24, 2.45) is 5.92 Å². The topological polar surface area (TPSA) is 32.9 Å². The van der Waals surface area contributed by atoms with E-state index in [1.807, 2.05) is 0 Å². The normalized spacial score (nSPS) is 14.4. The number of rotatable bonds is 3. The van der Waals surface area contributed by atoms with E-state index in [4.69, 9.17) is 0 Å². The molecular weight excluding hydrogens is 296 g/mol. The zero-order valence-corrected chi connectivity index (χ0v) is 12.6. The highest BCUT2D eigenvalue weighted by atomic mass is 19.1. The van der Waals surface area contributed by atoms with Crippen LogP contribution >= 0.6 is 0 Å². The second-order valence-corrected chi connectivity index (χ2v) is 6.17. The first-order chi connectivity index (χ1) is 11.0. The number of Topliss-reactive ketones (excluding diaryl/α,β-unsaturated/α-hetero) is 1. The average molecular weight is 311 g/mol. The second kappa shape index (κ2) is 5.01. The lowest BCUT2D eigenvalue weighted by Crippen LogP contribution is -2.02. The Morgan fingerprint density at radius 1 is 1.13 bits per heavy atom. The van der Waals surface area contributed by atoms with Crippen LogP contribution in [0.15, 0.2) is 36.4 Å². The first-order valence-corrected chi connectivity index (χ1v) is 7.66. The second-order valence-electron chi connectivity index (χ2n) is 6.17. The van der Waals surface area contributed by atoms with E-state index in [9.17, 15) is 13.6 Å². The van der Waals surface area contributed by atoms with Crippen molar-refractivity contribution in [1.82, 2.24) is 4.98 Å². The Kier molecular flexibility index (Phi) is 3.08. The van der Waals surface area contributed by atoms with Crippen LogP contribution in [0.3, 0.4) is 0 Å². The van der Waals surface area contributed by atoms with Crippen LogP contribution in [0.5, 0.6) is 0 Å². The quantitative estimate of drug-likeness (QED) is 0.677. The molecule has 1 aliphatic rings. The molecule has 1 aliphatic carbocycles. The van der Waals surface area contributed by atoms with Gasteiger partial charge in [-0.05, 0) is 67.3 Å². The summed E-state index contributed by atoms with van der Waals surface area (Å²) in [5.41, 5.74) is 3.13. The summed E-state index contributed by atoms with van der Waals surface area (Å²) < 4.78 is 27.2. The molecule has 0 saturated heterocycles. The van der Waals surface area contributed by atoms with Crippen LogP contribution in [0.1, 0.15) is 28.8 Å². The van der Waals surface area contributed by atoms with Crippen molar-refractivity contribution in [3.8, 4) is 11.3 Å². The van der Waals surface area contributed by atoms with Gasteiger partial charge >= 0.3 is 0 Å². The zero-order valence-electron chi connectivity index (χ0n) is 12.6. The third kappa shape index (κ3) is 2.34. The Balaban J connectivity index is 1.99. The van der Waals surface area contributed by atoms with Gasteiger partial charge in [-0.1, -0.05) is 0 Å². The number of fused-ring (bicyclic) bond motifs is 1. The number of carbonyl (C=O) groups is 1. The molecule has 0 amide bonds. The predicted octanol–water partition coefficient (Wildman–Crippen LogP) is 5.01. The molecule has 1 N–H and O–H groups in total. The Morgan fingerprint density at radius 2 is 1.91 bits per heavy atom. The van der Waals surface area contributed by atoms with Gasteiger partial charge in [-0.15, -0.1) is 0 Å². The number of nitrogens with one attached hydrogen (secondary N) is 1. The number of aromatic nitrogens is 1. The van der Waals surface area contributed by atoms with Crippen molar-refractivity contribution in [2.75, 3.05) is 0 Å². The summed E-state index contributed by atoms with van der Waals surface area (Å²) in [6.45, 7) is 1.68. The summed E-state index contributed by atoms with van der Waals surface area (Å²) in [5.74, 6) is -0.592. The Morgan fingerprint density at radius 3 is 2.61 bits per heavy atom. The van der Waals surface area contributed by atoms with E-state index in [-0.39, 0.29) is 23.3 Å². The van der Waals surface area contributed by atoms with Crippen LogP contribution in [0.2, 0.25) is 0 Å². The predicted molar refractivity (Wildman–Crippen MR) is 85.4 cm³/mol. The van der Waals surface area contributed by atoms with Crippen LogP contribution in [0.4, 0.5) is 8.78 Å². The van der Waals surface area contributed by atoms with E-state index in [1.165, 1.54) is 18.2 Å². The van der Waals surface area contributed by atoms with Gasteiger partial charge in [-0.3, -0.25) is 4.79 Å². The SMILES string of the molecule is Cc1cc(-c2[nH]c3ccc(F)cc3c2C(=O)C2CC2)ccc1F. The van der Waals surface area contributed by atoms with Crippen molar-refractivity contribution >= 4 is 16.7 Å². The van der Waals surface area contributed by atoms with E-state index in [2.05, 4.69) is 4.98 Å². The smallest absolute Gasteiger partial charge is 0.168 e. The highest BCUT2D eigenvalue weighted by Gasteiger charge is 2.34. The summed E-state index contributed by atoms with van der Waals surface area (Å²) in [4.78, 5) is 15.9. The van der Waals surface area contributed by atoms with Gasteiger partial charge in [0.05, 0.1) is 11.3 Å². The molecule has 116 valence electrons. The molecule has 4 rings (SSSR count). The minimum Gasteiger partial charge on any atom is -0.354 e. The molecule has 2 nitrogen and oxygen atoms in total. The van der Waals surface area contributed by atoms with Gasteiger partial charge in [-0.2, -0.15) is 0 Å². The largest absolute Gasteiger partial charge is 0.354 e. The molecular formula is C19H15F2NO. The monoisotopic (exact) mass is 311 g/mol. The molecule has 0 unspecified atom stereocenters. The maximum atomic E-state index is 13.7. The standard InChI is InChI=1S/C19H15F2NO/c1-10-8-12(4-6-15(10)21)18-17(19(23)11-2-3-11)14-9-13(20)5-7-16(14)22-18/h4-9,11,22H,2-3H2,1H3. The number of aromatic amines is 1. The first-order valence-electron chi connectivity index (χ1n) is 7.66. The fraction of sp³-hybridized carbons (Fsp3) is 0.211. The number of ketones is 1. The number of carbonyl (C=O) groups excluding carboxylic acids is 1. The molecule has 0 bridgehead atoms. The first kappa shape index (κ1) is 14.1. The maximum Gasteiger partial charge on any atom is 0.168 e. The van der Waals surface area contributed by atoms with E-state index in [0.29, 0.717) is 27.7 Å². The highest BCUT2D eigenvalue weighted by Crippen LogP contribution is 2.39. The van der Waals surface area contributed by atoms with Gasteiger partial charge in [0.2, 0.25) is 0 Å². The fourth-order valence-electron chi connectivity index (χ4n) is 2.99. The summed E-state index contributed by atoms with van der Waals surface area (Å²) >= 11 is 0. The van der Waals surface area contributed by atoms with Crippen LogP contribution in [0.25, 0.3) is 22.2 Å². The molecule has 1 fully saturated rings. The molecule has 23 heavy (non-hydrogen) atoms. The van der Waals surface area contributed by atoms with Gasteiger partial charge in [0.15, 0.2) is 5.78 Å². The Labute approximate surface area is 132 Å². The molecule has 1 aromatic heterocycles. The maximum absolute atomic E-state index is 13.7. The molecule has 1 heterocycles. The van der Waals surface area contributed by atoms with Gasteiger partial charge in [-0.25, -0.2) is 8.78 Å². The average Bonchev–Trinajstić information content (AvgIpc) is 3.30. The van der Waals surface area contributed by atoms with E-state index in [1.54, 1.807) is 25.1 Å². The minimum atomic E-state index is -0.372. The molecule has 0 aliphatic heterocycles. The number of halogens is 2. The van der Waals surface area contributed by atoms with E-state index >= 15 is 0 Å². The number of hydrogen-bond donors (Lipinski definition) is 1. The lowest BCUT2D eigenvalue weighted by Gasteiger charge is -2.06.